The van der Waals surface area contributed by atoms with E-state index < -0.39 is 10.2 Å². The van der Waals surface area contributed by atoms with Crippen molar-refractivity contribution in [3.8, 4) is 0 Å². The lowest BCUT2D eigenvalue weighted by Gasteiger charge is -2.31. The molecule has 1 fully saturated rings. The highest BCUT2D eigenvalue weighted by Crippen LogP contribution is 2.22. The van der Waals surface area contributed by atoms with Crippen LogP contribution in [0.5, 0.6) is 0 Å². The summed E-state index contributed by atoms with van der Waals surface area (Å²) in [5, 5.41) is 0. The summed E-state index contributed by atoms with van der Waals surface area (Å²) >= 11 is 0. The molecule has 20 heavy (non-hydrogen) atoms. The highest BCUT2D eigenvalue weighted by Gasteiger charge is 2.18. The van der Waals surface area contributed by atoms with E-state index >= 15 is 0 Å². The minimum Gasteiger partial charge on any atom is -0.356 e. The molecule has 1 N–H and O–H groups in total. The molecular weight excluding hydrogens is 276 g/mol. The van der Waals surface area contributed by atoms with Gasteiger partial charge in [-0.1, -0.05) is 6.92 Å². The Labute approximate surface area is 121 Å². The van der Waals surface area contributed by atoms with Gasteiger partial charge < -0.3 is 4.90 Å². The molecule has 1 aliphatic rings. The van der Waals surface area contributed by atoms with Gasteiger partial charge in [-0.15, -0.1) is 0 Å². The molecule has 0 bridgehead atoms. The minimum atomic E-state index is -3.47. The Bertz CT molecular complexity index is 542. The van der Waals surface area contributed by atoms with Crippen LogP contribution in [-0.4, -0.2) is 44.9 Å². The molecule has 0 amide bonds. The predicted octanol–water partition coefficient (Wildman–Crippen LogP) is 1.54. The van der Waals surface area contributed by atoms with Gasteiger partial charge in [-0.2, -0.15) is 12.7 Å². The van der Waals surface area contributed by atoms with Crippen LogP contribution in [0.1, 0.15) is 19.8 Å². The van der Waals surface area contributed by atoms with Crippen LogP contribution in [0.4, 0.5) is 11.5 Å². The molecule has 0 radical (unpaired) electrons. The third-order valence-electron chi connectivity index (χ3n) is 3.46. The Morgan fingerprint density at radius 3 is 2.70 bits per heavy atom. The van der Waals surface area contributed by atoms with Gasteiger partial charge in [0, 0.05) is 27.2 Å². The Morgan fingerprint density at radius 2 is 2.15 bits per heavy atom. The van der Waals surface area contributed by atoms with Crippen LogP contribution >= 0.6 is 0 Å². The smallest absolute Gasteiger partial charge is 0.301 e. The number of piperidine rings is 1. The topological polar surface area (TPSA) is 65.5 Å². The van der Waals surface area contributed by atoms with E-state index in [0.29, 0.717) is 11.6 Å². The van der Waals surface area contributed by atoms with Crippen molar-refractivity contribution in [3.63, 3.8) is 0 Å². The summed E-state index contributed by atoms with van der Waals surface area (Å²) < 4.78 is 27.0. The fourth-order valence-corrected chi connectivity index (χ4v) is 2.87. The summed E-state index contributed by atoms with van der Waals surface area (Å²) in [7, 11) is -0.497. The molecule has 2 rings (SSSR count). The normalized spacial score (nSPS) is 20.2. The van der Waals surface area contributed by atoms with Gasteiger partial charge in [0.05, 0.1) is 11.9 Å². The highest BCUT2D eigenvalue weighted by atomic mass is 32.2. The molecule has 0 aliphatic carbocycles. The van der Waals surface area contributed by atoms with Gasteiger partial charge in [0.25, 0.3) is 0 Å². The minimum absolute atomic E-state index is 0.479. The Hall–Kier alpha value is -1.34. The second-order valence-corrected chi connectivity index (χ2v) is 7.37. The van der Waals surface area contributed by atoms with E-state index in [0.717, 1.165) is 23.2 Å². The van der Waals surface area contributed by atoms with Crippen LogP contribution in [0.2, 0.25) is 0 Å². The molecule has 1 atom stereocenters. The molecule has 6 nitrogen and oxygen atoms in total. The highest BCUT2D eigenvalue weighted by molar-refractivity contribution is 7.90. The first-order valence-corrected chi connectivity index (χ1v) is 8.24. The monoisotopic (exact) mass is 298 g/mol. The fraction of sp³-hybridized carbons (Fsp3) is 0.615. The second kappa shape index (κ2) is 5.97. The van der Waals surface area contributed by atoms with Gasteiger partial charge in [0.15, 0.2) is 0 Å². The molecule has 1 aliphatic heterocycles. The maximum absolute atomic E-state index is 11.7. The Balaban J connectivity index is 2.07. The number of hydrogen-bond acceptors (Lipinski definition) is 4. The quantitative estimate of drug-likeness (QED) is 0.915. The number of nitrogens with zero attached hydrogens (tertiary/aromatic N) is 3. The van der Waals surface area contributed by atoms with E-state index in [4.69, 9.17) is 0 Å². The second-order valence-electron chi connectivity index (χ2n) is 5.49. The van der Waals surface area contributed by atoms with E-state index in [-0.39, 0.29) is 0 Å². The molecule has 7 heteroatoms. The van der Waals surface area contributed by atoms with Crippen molar-refractivity contribution < 1.29 is 8.42 Å². The van der Waals surface area contributed by atoms with E-state index in [1.54, 1.807) is 12.3 Å². The van der Waals surface area contributed by atoms with Gasteiger partial charge in [0.2, 0.25) is 0 Å². The molecule has 1 aromatic rings. The molecule has 1 aromatic heterocycles. The lowest BCUT2D eigenvalue weighted by atomic mass is 10.0. The summed E-state index contributed by atoms with van der Waals surface area (Å²) in [6, 6.07) is 3.62. The van der Waals surface area contributed by atoms with Crippen molar-refractivity contribution in [3.05, 3.63) is 18.3 Å². The summed E-state index contributed by atoms with van der Waals surface area (Å²) in [6.45, 7) is 4.27. The largest absolute Gasteiger partial charge is 0.356 e. The third-order valence-corrected chi connectivity index (χ3v) is 4.91. The van der Waals surface area contributed by atoms with Crippen LogP contribution in [0.15, 0.2) is 18.3 Å². The van der Waals surface area contributed by atoms with Crippen molar-refractivity contribution in [2.75, 3.05) is 36.8 Å². The van der Waals surface area contributed by atoms with Gasteiger partial charge in [-0.25, -0.2) is 4.98 Å². The maximum atomic E-state index is 11.7. The van der Waals surface area contributed by atoms with Crippen LogP contribution in [0.3, 0.4) is 0 Å². The summed E-state index contributed by atoms with van der Waals surface area (Å²) in [5.41, 5.74) is 0.479. The van der Waals surface area contributed by atoms with Crippen molar-refractivity contribution >= 4 is 21.7 Å². The van der Waals surface area contributed by atoms with E-state index in [9.17, 15) is 8.42 Å². The van der Waals surface area contributed by atoms with Gasteiger partial charge >= 0.3 is 10.2 Å². The number of pyridine rings is 1. The molecule has 1 unspecified atom stereocenters. The van der Waals surface area contributed by atoms with E-state index in [1.165, 1.54) is 26.9 Å². The average Bonchev–Trinajstić information content (AvgIpc) is 2.39. The van der Waals surface area contributed by atoms with E-state index in [2.05, 4.69) is 21.5 Å². The first-order chi connectivity index (χ1) is 9.38. The van der Waals surface area contributed by atoms with Gasteiger partial charge in [-0.3, -0.25) is 4.72 Å². The zero-order valence-corrected chi connectivity index (χ0v) is 13.0. The van der Waals surface area contributed by atoms with Crippen LogP contribution < -0.4 is 9.62 Å². The number of aromatic nitrogens is 1. The van der Waals surface area contributed by atoms with Crippen molar-refractivity contribution in [2.45, 2.75) is 19.8 Å². The van der Waals surface area contributed by atoms with Crippen molar-refractivity contribution in [1.29, 1.82) is 0 Å². The predicted molar refractivity (Wildman–Crippen MR) is 81.1 cm³/mol. The van der Waals surface area contributed by atoms with Crippen molar-refractivity contribution in [2.24, 2.45) is 5.92 Å². The molecule has 2 heterocycles. The maximum Gasteiger partial charge on any atom is 0.301 e. The Kier molecular flexibility index (Phi) is 4.49. The molecule has 0 spiro atoms. The van der Waals surface area contributed by atoms with Crippen LogP contribution in [0, 0.1) is 5.92 Å². The lowest BCUT2D eigenvalue weighted by Crippen LogP contribution is -2.34. The molecular formula is C13H22N4O2S. The number of nitrogens with one attached hydrogen (secondary N) is 1. The SMILES string of the molecule is CC1CCCN(c2ccc(NS(=O)(=O)N(C)C)cn2)C1. The van der Waals surface area contributed by atoms with Crippen LogP contribution in [-0.2, 0) is 10.2 Å². The molecule has 1 saturated heterocycles. The number of rotatable bonds is 4. The van der Waals surface area contributed by atoms with Crippen LogP contribution in [0.25, 0.3) is 0 Å². The summed E-state index contributed by atoms with van der Waals surface area (Å²) in [6.07, 6.45) is 4.00. The number of hydrogen-bond donors (Lipinski definition) is 1. The standard InChI is InChI=1S/C13H22N4O2S/c1-11-5-4-8-17(10-11)13-7-6-12(9-14-13)15-20(18,19)16(2)3/h6-7,9,11,15H,4-5,8,10H2,1-3H3. The first-order valence-electron chi connectivity index (χ1n) is 6.80. The average molecular weight is 298 g/mol. The lowest BCUT2D eigenvalue weighted by molar-refractivity contribution is 0.444. The van der Waals surface area contributed by atoms with Gasteiger partial charge in [0.1, 0.15) is 5.82 Å². The van der Waals surface area contributed by atoms with Crippen molar-refractivity contribution in [1.82, 2.24) is 9.29 Å². The Morgan fingerprint density at radius 1 is 1.40 bits per heavy atom. The third kappa shape index (κ3) is 3.61. The molecule has 0 saturated carbocycles. The summed E-state index contributed by atoms with van der Waals surface area (Å²) in [5.74, 6) is 1.59. The number of anilines is 2. The van der Waals surface area contributed by atoms with Gasteiger partial charge in [-0.05, 0) is 30.9 Å². The zero-order chi connectivity index (χ0) is 14.8. The molecule has 112 valence electrons. The molecule has 0 aromatic carbocycles. The van der Waals surface area contributed by atoms with E-state index in [1.807, 2.05) is 6.07 Å². The first kappa shape index (κ1) is 15.1. The fourth-order valence-electron chi connectivity index (χ4n) is 2.27. The summed E-state index contributed by atoms with van der Waals surface area (Å²) in [4.78, 5) is 6.61. The zero-order valence-electron chi connectivity index (χ0n) is 12.2.